The minimum atomic E-state index is -0.132. The van der Waals surface area contributed by atoms with Crippen LogP contribution in [0.25, 0.3) is 12.2 Å². The van der Waals surface area contributed by atoms with Crippen LogP contribution in [0.4, 0.5) is 11.4 Å². The molecule has 3 heterocycles. The summed E-state index contributed by atoms with van der Waals surface area (Å²) in [7, 11) is 4.47. The Bertz CT molecular complexity index is 2090. The molecule has 278 valence electrons. The van der Waals surface area contributed by atoms with Crippen LogP contribution in [-0.4, -0.2) is 42.1 Å². The van der Waals surface area contributed by atoms with Gasteiger partial charge in [-0.3, -0.25) is 0 Å². The van der Waals surface area contributed by atoms with E-state index in [-0.39, 0.29) is 10.8 Å². The summed E-state index contributed by atoms with van der Waals surface area (Å²) < 4.78 is 0. The van der Waals surface area contributed by atoms with E-state index in [4.69, 9.17) is 25.4 Å². The summed E-state index contributed by atoms with van der Waals surface area (Å²) in [6, 6.07) is 9.36. The maximum Gasteiger partial charge on any atom is 0.180 e. The van der Waals surface area contributed by atoms with Crippen molar-refractivity contribution in [2.45, 2.75) is 90.9 Å². The van der Waals surface area contributed by atoms with Gasteiger partial charge in [-0.15, -0.1) is 0 Å². The number of rotatable bonds is 4. The maximum atomic E-state index is 6.00. The second-order valence-electron chi connectivity index (χ2n) is 16.7. The van der Waals surface area contributed by atoms with E-state index in [1.807, 2.05) is 0 Å². The highest BCUT2D eigenvalue weighted by molar-refractivity contribution is 7.80. The molecule has 0 N–H and O–H groups in total. The van der Waals surface area contributed by atoms with Crippen molar-refractivity contribution in [2.24, 2.45) is 0 Å². The lowest BCUT2D eigenvalue weighted by Gasteiger charge is -2.42. The Hall–Kier alpha value is -4.61. The number of nitrogens with zero attached hydrogens (tertiary/aromatic N) is 4. The fourth-order valence-electron chi connectivity index (χ4n) is 10.4. The molecule has 0 amide bonds. The number of thiocarbonyl (C=S) groups is 1. The zero-order valence-corrected chi connectivity index (χ0v) is 34.5. The molecule has 1 saturated heterocycles. The molecule has 4 nitrogen and oxygen atoms in total. The highest BCUT2D eigenvalue weighted by Crippen LogP contribution is 2.53. The summed E-state index contributed by atoms with van der Waals surface area (Å²) in [5, 5.41) is 0.784. The third kappa shape index (κ3) is 5.33. The number of hydrogen-bond donors (Lipinski definition) is 0. The van der Waals surface area contributed by atoms with Gasteiger partial charge in [-0.1, -0.05) is 89.4 Å². The van der Waals surface area contributed by atoms with Gasteiger partial charge < -0.3 is 19.6 Å². The normalized spacial score (nSPS) is 24.2. The Balaban J connectivity index is 1.26. The first-order valence-corrected chi connectivity index (χ1v) is 20.4. The summed E-state index contributed by atoms with van der Waals surface area (Å²) in [6.07, 6.45) is 25.4. The first kappa shape index (κ1) is 36.4. The van der Waals surface area contributed by atoms with Crippen molar-refractivity contribution in [3.63, 3.8) is 0 Å². The van der Waals surface area contributed by atoms with E-state index in [2.05, 4.69) is 148 Å². The molecule has 0 aromatic heterocycles. The molecular formula is C49H56N4S. The molecule has 3 aliphatic heterocycles. The lowest BCUT2D eigenvalue weighted by molar-refractivity contribution is 0.415. The standard InChI is InChI=1S/C49H56N4S/c1-11-52-31(3)43(32(4)53(12-2)47(52)54)44-35(25-29-41-48(5,6)45-37-19-15-13-17-33(37)23-27-39(45)50(41)9)21-22-36(44)26-30-42-49(7,8)46-38-20-16-14-18-34(38)24-28-40(46)51(42)10/h15-16,19-20,23-30H,3-4,11-14,17-18,21-22H2,1-2,5-10H3/b35-25+,36-26+,41-29+,42-30+. The number of anilines is 2. The Morgan fingerprint density at radius 3 is 1.46 bits per heavy atom. The van der Waals surface area contributed by atoms with E-state index in [0.29, 0.717) is 0 Å². The van der Waals surface area contributed by atoms with Crippen molar-refractivity contribution < 1.29 is 0 Å². The van der Waals surface area contributed by atoms with E-state index >= 15 is 0 Å². The van der Waals surface area contributed by atoms with Gasteiger partial charge in [0.2, 0.25) is 0 Å². The Labute approximate surface area is 329 Å². The molecule has 6 aliphatic rings. The van der Waals surface area contributed by atoms with Crippen LogP contribution in [0.5, 0.6) is 0 Å². The van der Waals surface area contributed by atoms with Gasteiger partial charge in [0.1, 0.15) is 0 Å². The quantitative estimate of drug-likeness (QED) is 0.290. The Kier molecular flexibility index (Phi) is 8.96. The first-order chi connectivity index (χ1) is 25.8. The number of hydrogen-bond acceptors (Lipinski definition) is 3. The molecule has 2 aromatic carbocycles. The van der Waals surface area contributed by atoms with Gasteiger partial charge >= 0.3 is 0 Å². The number of benzene rings is 2. The fourth-order valence-corrected chi connectivity index (χ4v) is 10.8. The molecule has 0 atom stereocenters. The molecule has 0 radical (unpaired) electrons. The van der Waals surface area contributed by atoms with Gasteiger partial charge in [-0.05, 0) is 139 Å². The first-order valence-electron chi connectivity index (χ1n) is 20.0. The van der Waals surface area contributed by atoms with E-state index in [1.165, 1.54) is 72.9 Å². The molecule has 1 saturated carbocycles. The van der Waals surface area contributed by atoms with Crippen LogP contribution in [-0.2, 0) is 23.7 Å². The largest absolute Gasteiger partial charge is 0.347 e. The zero-order valence-electron chi connectivity index (χ0n) is 33.7. The molecule has 2 fully saturated rings. The van der Waals surface area contributed by atoms with Gasteiger partial charge in [0.25, 0.3) is 0 Å². The third-order valence-corrected chi connectivity index (χ3v) is 13.5. The molecule has 8 rings (SSSR count). The number of likely N-dealkylation sites (N-methyl/N-ethyl adjacent to an activating group) is 4. The summed E-state index contributed by atoms with van der Waals surface area (Å²) in [4.78, 5) is 9.19. The van der Waals surface area contributed by atoms with Crippen molar-refractivity contribution in [3.8, 4) is 0 Å². The zero-order chi connectivity index (χ0) is 38.3. The number of allylic oxidation sites excluding steroid dienone is 11. The summed E-state index contributed by atoms with van der Waals surface area (Å²) in [5.74, 6) is 0. The summed E-state index contributed by atoms with van der Waals surface area (Å²) in [6.45, 7) is 24.8. The topological polar surface area (TPSA) is 13.0 Å². The number of fused-ring (bicyclic) bond motifs is 6. The highest BCUT2D eigenvalue weighted by atomic mass is 32.1. The lowest BCUT2D eigenvalue weighted by atomic mass is 9.78. The average Bonchev–Trinajstić information content (AvgIpc) is 3.70. The van der Waals surface area contributed by atoms with Gasteiger partial charge in [0.05, 0.1) is 0 Å². The third-order valence-electron chi connectivity index (χ3n) is 13.1. The average molecular weight is 733 g/mol. The second kappa shape index (κ2) is 13.3. The molecule has 54 heavy (non-hydrogen) atoms. The Morgan fingerprint density at radius 1 is 0.630 bits per heavy atom. The highest BCUT2D eigenvalue weighted by Gasteiger charge is 2.42. The predicted octanol–water partition coefficient (Wildman–Crippen LogP) is 11.4. The molecule has 0 unspecified atom stereocenters. The SMILES string of the molecule is C=C1C(=C2/C(=C/C=C3/N(C)c4ccc5c(c4C3(C)C)C=CCC5)CC/C2=C\C=C2\N(C)c3ccc4c(c3C2(C)C)C=CCC4)C(=C)N(CC)C(=S)N1CC. The molecule has 3 aliphatic carbocycles. The molecular weight excluding hydrogens is 677 g/mol. The van der Waals surface area contributed by atoms with Gasteiger partial charge in [-0.2, -0.15) is 0 Å². The van der Waals surface area contributed by atoms with Crippen LogP contribution in [0, 0.1) is 0 Å². The van der Waals surface area contributed by atoms with Crippen molar-refractivity contribution in [1.82, 2.24) is 9.80 Å². The smallest absolute Gasteiger partial charge is 0.180 e. The van der Waals surface area contributed by atoms with Crippen LogP contribution in [0.15, 0.2) is 119 Å². The van der Waals surface area contributed by atoms with Gasteiger partial charge in [-0.25, -0.2) is 0 Å². The van der Waals surface area contributed by atoms with Crippen molar-refractivity contribution in [3.05, 3.63) is 152 Å². The van der Waals surface area contributed by atoms with Crippen LogP contribution >= 0.6 is 12.2 Å². The van der Waals surface area contributed by atoms with Crippen LogP contribution in [0.3, 0.4) is 0 Å². The molecule has 2 aromatic rings. The summed E-state index contributed by atoms with van der Waals surface area (Å²) >= 11 is 6.00. The minimum Gasteiger partial charge on any atom is -0.347 e. The van der Waals surface area contributed by atoms with Crippen molar-refractivity contribution in [2.75, 3.05) is 37.0 Å². The van der Waals surface area contributed by atoms with Crippen LogP contribution in [0.2, 0.25) is 0 Å². The van der Waals surface area contributed by atoms with E-state index in [1.54, 1.807) is 0 Å². The monoisotopic (exact) mass is 732 g/mol. The van der Waals surface area contributed by atoms with Crippen molar-refractivity contribution in [1.29, 1.82) is 0 Å². The summed E-state index contributed by atoms with van der Waals surface area (Å²) in [5.41, 5.74) is 20.6. The second-order valence-corrected chi connectivity index (χ2v) is 17.1. The van der Waals surface area contributed by atoms with E-state index < -0.39 is 0 Å². The molecule has 0 spiro atoms. The minimum absolute atomic E-state index is 0.132. The van der Waals surface area contributed by atoms with Gasteiger partial charge in [0, 0.05) is 77.8 Å². The molecule has 5 heteroatoms. The lowest BCUT2D eigenvalue weighted by Crippen LogP contribution is -2.47. The van der Waals surface area contributed by atoms with E-state index in [9.17, 15) is 0 Å². The van der Waals surface area contributed by atoms with Gasteiger partial charge in [0.15, 0.2) is 5.11 Å². The number of aryl methyl sites for hydroxylation is 2. The predicted molar refractivity (Wildman–Crippen MR) is 235 cm³/mol. The van der Waals surface area contributed by atoms with Crippen LogP contribution in [0.1, 0.15) is 101 Å². The Morgan fingerprint density at radius 2 is 1.06 bits per heavy atom. The molecule has 0 bridgehead atoms. The van der Waals surface area contributed by atoms with Crippen LogP contribution < -0.4 is 9.80 Å². The maximum absolute atomic E-state index is 6.00. The fraction of sp³-hybridized carbons (Fsp3) is 0.367. The van der Waals surface area contributed by atoms with Crippen molar-refractivity contribution >= 4 is 40.9 Å². The van der Waals surface area contributed by atoms with E-state index in [0.717, 1.165) is 73.7 Å².